The zero-order valence-electron chi connectivity index (χ0n) is 17.2. The third-order valence-electron chi connectivity index (χ3n) is 4.65. The topological polar surface area (TPSA) is 129 Å². The van der Waals surface area contributed by atoms with Crippen molar-refractivity contribution in [2.45, 2.75) is 13.0 Å². The summed E-state index contributed by atoms with van der Waals surface area (Å²) in [6.45, 7) is -0.0639. The molecule has 0 fully saturated rings. The van der Waals surface area contributed by atoms with Gasteiger partial charge in [0.1, 0.15) is 0 Å². The van der Waals surface area contributed by atoms with Gasteiger partial charge in [0.25, 0.3) is 11.1 Å². The van der Waals surface area contributed by atoms with Crippen molar-refractivity contribution in [2.24, 2.45) is 0 Å². The molecule has 2 aromatic carbocycles. The van der Waals surface area contributed by atoms with Gasteiger partial charge in [-0.05, 0) is 12.1 Å². The highest BCUT2D eigenvalue weighted by Gasteiger charge is 2.19. The van der Waals surface area contributed by atoms with E-state index in [1.807, 2.05) is 0 Å². The van der Waals surface area contributed by atoms with E-state index in [1.54, 1.807) is 24.3 Å². The Morgan fingerprint density at radius 2 is 1.65 bits per heavy atom. The van der Waals surface area contributed by atoms with E-state index in [4.69, 9.17) is 14.2 Å². The molecular weight excluding hydrogens is 406 g/mol. The van der Waals surface area contributed by atoms with Crippen molar-refractivity contribution in [3.05, 3.63) is 62.7 Å². The summed E-state index contributed by atoms with van der Waals surface area (Å²) in [7, 11) is 4.05. The van der Waals surface area contributed by atoms with Crippen LogP contribution in [0.5, 0.6) is 11.5 Å². The van der Waals surface area contributed by atoms with Gasteiger partial charge in [-0.15, -0.1) is 0 Å². The number of esters is 1. The predicted molar refractivity (Wildman–Crippen MR) is 113 cm³/mol. The molecule has 0 unspecified atom stereocenters. The van der Waals surface area contributed by atoms with Crippen LogP contribution in [-0.4, -0.2) is 43.0 Å². The summed E-state index contributed by atoms with van der Waals surface area (Å²) in [4.78, 5) is 49.4. The molecule has 0 saturated heterocycles. The lowest BCUT2D eigenvalue weighted by atomic mass is 10.1. The van der Waals surface area contributed by atoms with Gasteiger partial charge in [0, 0.05) is 18.6 Å². The van der Waals surface area contributed by atoms with E-state index in [-0.39, 0.29) is 35.0 Å². The number of aromatic nitrogens is 2. The van der Waals surface area contributed by atoms with E-state index in [2.05, 4.69) is 10.4 Å². The molecule has 1 heterocycles. The van der Waals surface area contributed by atoms with Crippen LogP contribution in [0.3, 0.4) is 0 Å². The summed E-state index contributed by atoms with van der Waals surface area (Å²) >= 11 is 0. The van der Waals surface area contributed by atoms with Crippen LogP contribution in [0.1, 0.15) is 16.8 Å². The number of rotatable bonds is 7. The molecular formula is C21H21N3O7. The van der Waals surface area contributed by atoms with E-state index in [0.29, 0.717) is 11.5 Å². The summed E-state index contributed by atoms with van der Waals surface area (Å²) in [6.07, 6.45) is -0.136. The number of benzene rings is 2. The lowest BCUT2D eigenvalue weighted by Crippen LogP contribution is -2.31. The molecule has 0 spiro atoms. The Morgan fingerprint density at radius 3 is 2.29 bits per heavy atom. The number of carbonyl (C=O) groups is 2. The van der Waals surface area contributed by atoms with Gasteiger partial charge in [-0.2, -0.15) is 0 Å². The molecule has 3 aromatic rings. The molecule has 0 atom stereocenters. The number of amides is 1. The van der Waals surface area contributed by atoms with Gasteiger partial charge in [-0.3, -0.25) is 19.5 Å². The Labute approximate surface area is 176 Å². The van der Waals surface area contributed by atoms with Gasteiger partial charge < -0.3 is 19.5 Å². The molecule has 0 aliphatic carbocycles. The van der Waals surface area contributed by atoms with Gasteiger partial charge in [-0.25, -0.2) is 9.48 Å². The summed E-state index contributed by atoms with van der Waals surface area (Å²) in [5.74, 6) is -0.564. The number of H-pyrrole nitrogens is 1. The Hall–Kier alpha value is -4.08. The van der Waals surface area contributed by atoms with Crippen LogP contribution in [-0.2, 0) is 16.1 Å². The largest absolute Gasteiger partial charge is 0.493 e. The fraction of sp³-hybridized carbons (Fsp3) is 0.238. The number of hydrogen-bond acceptors (Lipinski definition) is 7. The smallest absolute Gasteiger partial charge is 0.340 e. The highest BCUT2D eigenvalue weighted by Crippen LogP contribution is 2.33. The molecule has 0 aliphatic heterocycles. The number of ether oxygens (including phenoxy) is 3. The summed E-state index contributed by atoms with van der Waals surface area (Å²) in [6, 6.07) is 9.26. The standard InChI is InChI=1S/C21H21N3O7/c1-29-16-10-14(21(28)31-3)15(11-17(16)30-2)22-18(25)8-9-24-20(27)13-7-5-4-6-12(13)19(26)23-24/h4-7,10-11H,8-9H2,1-3H3,(H,22,25)(H,23,26). The van der Waals surface area contributed by atoms with Crippen molar-refractivity contribution in [2.75, 3.05) is 26.6 Å². The fourth-order valence-corrected chi connectivity index (χ4v) is 3.09. The van der Waals surface area contributed by atoms with E-state index < -0.39 is 23.0 Å². The predicted octanol–water partition coefficient (Wildman–Crippen LogP) is 1.52. The molecule has 2 N–H and O–H groups in total. The van der Waals surface area contributed by atoms with Gasteiger partial charge >= 0.3 is 5.97 Å². The number of hydrogen-bond donors (Lipinski definition) is 2. The summed E-state index contributed by atoms with van der Waals surface area (Å²) in [5, 5.41) is 5.62. The van der Waals surface area contributed by atoms with Crippen molar-refractivity contribution >= 4 is 28.3 Å². The van der Waals surface area contributed by atoms with Crippen molar-refractivity contribution in [1.29, 1.82) is 0 Å². The number of methoxy groups -OCH3 is 3. The minimum atomic E-state index is -0.675. The zero-order valence-corrected chi connectivity index (χ0v) is 17.2. The van der Waals surface area contributed by atoms with Crippen LogP contribution in [0, 0.1) is 0 Å². The highest BCUT2D eigenvalue weighted by atomic mass is 16.5. The van der Waals surface area contributed by atoms with E-state index >= 15 is 0 Å². The van der Waals surface area contributed by atoms with Crippen molar-refractivity contribution < 1.29 is 23.8 Å². The molecule has 31 heavy (non-hydrogen) atoms. The fourth-order valence-electron chi connectivity index (χ4n) is 3.09. The average Bonchev–Trinajstić information content (AvgIpc) is 2.79. The molecule has 1 aromatic heterocycles. The van der Waals surface area contributed by atoms with Gasteiger partial charge in [-0.1, -0.05) is 12.1 Å². The molecule has 10 nitrogen and oxygen atoms in total. The van der Waals surface area contributed by atoms with Crippen LogP contribution in [0.25, 0.3) is 10.8 Å². The van der Waals surface area contributed by atoms with Crippen LogP contribution >= 0.6 is 0 Å². The van der Waals surface area contributed by atoms with Gasteiger partial charge in [0.2, 0.25) is 5.91 Å². The molecule has 10 heteroatoms. The zero-order chi connectivity index (χ0) is 22.5. The maximum absolute atomic E-state index is 12.6. The van der Waals surface area contributed by atoms with Crippen molar-refractivity contribution in [3.63, 3.8) is 0 Å². The third-order valence-corrected chi connectivity index (χ3v) is 4.65. The molecule has 1 amide bonds. The minimum Gasteiger partial charge on any atom is -0.493 e. The van der Waals surface area contributed by atoms with Gasteiger partial charge in [0.05, 0.1) is 49.9 Å². The third kappa shape index (κ3) is 4.42. The molecule has 162 valence electrons. The number of carbonyl (C=O) groups excluding carboxylic acids is 2. The number of aryl methyl sites for hydroxylation is 1. The lowest BCUT2D eigenvalue weighted by molar-refractivity contribution is -0.116. The SMILES string of the molecule is COC(=O)c1cc(OC)c(OC)cc1NC(=O)CCn1[nH]c(=O)c2ccccc2c1=O. The molecule has 3 rings (SSSR count). The van der Waals surface area contributed by atoms with Crippen LogP contribution in [0.4, 0.5) is 5.69 Å². The lowest BCUT2D eigenvalue weighted by Gasteiger charge is -2.15. The average molecular weight is 427 g/mol. The van der Waals surface area contributed by atoms with Crippen molar-refractivity contribution in [1.82, 2.24) is 9.78 Å². The number of aromatic amines is 1. The Bertz CT molecular complexity index is 1260. The number of nitrogens with zero attached hydrogens (tertiary/aromatic N) is 1. The first-order valence-electron chi connectivity index (χ1n) is 9.25. The second-order valence-electron chi connectivity index (χ2n) is 6.49. The monoisotopic (exact) mass is 427 g/mol. The normalized spacial score (nSPS) is 10.5. The number of fused-ring (bicyclic) bond motifs is 1. The molecule has 0 saturated carbocycles. The first-order valence-corrected chi connectivity index (χ1v) is 9.25. The molecule has 0 aliphatic rings. The summed E-state index contributed by atoms with van der Waals surface area (Å²) < 4.78 is 16.2. The number of nitrogens with one attached hydrogen (secondary N) is 2. The Balaban J connectivity index is 1.84. The maximum Gasteiger partial charge on any atom is 0.340 e. The quantitative estimate of drug-likeness (QED) is 0.547. The van der Waals surface area contributed by atoms with E-state index in [0.717, 1.165) is 4.68 Å². The Morgan fingerprint density at radius 1 is 1.00 bits per heavy atom. The second-order valence-corrected chi connectivity index (χ2v) is 6.49. The Kier molecular flexibility index (Phi) is 6.39. The maximum atomic E-state index is 12.6. The molecule has 0 radical (unpaired) electrons. The van der Waals surface area contributed by atoms with Crippen molar-refractivity contribution in [3.8, 4) is 11.5 Å². The van der Waals surface area contributed by atoms with E-state index in [1.165, 1.54) is 33.5 Å². The van der Waals surface area contributed by atoms with Crippen LogP contribution in [0.15, 0.2) is 46.0 Å². The number of anilines is 1. The van der Waals surface area contributed by atoms with Crippen LogP contribution in [0.2, 0.25) is 0 Å². The minimum absolute atomic E-state index is 0.0639. The first-order chi connectivity index (χ1) is 14.9. The second kappa shape index (κ2) is 9.16. The molecule has 0 bridgehead atoms. The van der Waals surface area contributed by atoms with Gasteiger partial charge in [0.15, 0.2) is 11.5 Å². The van der Waals surface area contributed by atoms with Crippen LogP contribution < -0.4 is 25.9 Å². The summed E-state index contributed by atoms with van der Waals surface area (Å²) in [5.41, 5.74) is -0.605. The highest BCUT2D eigenvalue weighted by molar-refractivity contribution is 6.02. The van der Waals surface area contributed by atoms with E-state index in [9.17, 15) is 19.2 Å². The first kappa shape index (κ1) is 21.6.